The van der Waals surface area contributed by atoms with Gasteiger partial charge >= 0.3 is 0 Å². The van der Waals surface area contributed by atoms with Gasteiger partial charge in [0, 0.05) is 18.1 Å². The number of benzene rings is 2. The lowest BCUT2D eigenvalue weighted by Gasteiger charge is -2.32. The number of halogens is 1. The van der Waals surface area contributed by atoms with Crippen molar-refractivity contribution in [2.45, 2.75) is 23.8 Å². The van der Waals surface area contributed by atoms with Gasteiger partial charge < -0.3 is 9.47 Å². The van der Waals surface area contributed by atoms with Crippen LogP contribution in [0.5, 0.6) is 11.5 Å². The summed E-state index contributed by atoms with van der Waals surface area (Å²) in [7, 11) is -2.65. The predicted molar refractivity (Wildman–Crippen MR) is 106 cm³/mol. The second-order valence-corrected chi connectivity index (χ2v) is 8.79. The van der Waals surface area contributed by atoms with E-state index >= 15 is 0 Å². The van der Waals surface area contributed by atoms with Crippen molar-refractivity contribution in [1.29, 1.82) is 0 Å². The van der Waals surface area contributed by atoms with Crippen LogP contribution in [0.25, 0.3) is 0 Å². The molecule has 0 atom stereocenters. The summed E-state index contributed by atoms with van der Waals surface area (Å²) in [5.41, 5.74) is 1.24. The molecule has 0 aliphatic carbocycles. The van der Waals surface area contributed by atoms with Gasteiger partial charge in [0.1, 0.15) is 23.2 Å². The van der Waals surface area contributed by atoms with Crippen molar-refractivity contribution in [2.24, 2.45) is 0 Å². The molecule has 1 aliphatic rings. The van der Waals surface area contributed by atoms with Gasteiger partial charge in [0.25, 0.3) is 5.91 Å². The lowest BCUT2D eigenvalue weighted by molar-refractivity contribution is 0.0698. The lowest BCUT2D eigenvalue weighted by atomic mass is 10.1. The molecule has 10 heteroatoms. The average molecular weight is 441 g/mol. The van der Waals surface area contributed by atoms with Crippen molar-refractivity contribution in [2.75, 3.05) is 20.2 Å². The first-order valence-corrected chi connectivity index (χ1v) is 10.7. The van der Waals surface area contributed by atoms with Crippen LogP contribution in [0.15, 0.2) is 47.4 Å². The number of sulfonamides is 1. The number of hydrogen-bond acceptors (Lipinski definition) is 6. The zero-order chi connectivity index (χ0) is 21.0. The molecular formula is C19H21ClN2O6S. The maximum absolute atomic E-state index is 13.2. The van der Waals surface area contributed by atoms with Crippen LogP contribution in [0.2, 0.25) is 5.02 Å². The molecule has 29 heavy (non-hydrogen) atoms. The van der Waals surface area contributed by atoms with E-state index in [4.69, 9.17) is 26.3 Å². The van der Waals surface area contributed by atoms with E-state index in [1.54, 1.807) is 24.3 Å². The normalized spacial score (nSPS) is 15.7. The van der Waals surface area contributed by atoms with E-state index in [9.17, 15) is 13.2 Å². The molecule has 3 rings (SSSR count). The third kappa shape index (κ3) is 4.64. The highest BCUT2D eigenvalue weighted by Crippen LogP contribution is 2.30. The van der Waals surface area contributed by atoms with Gasteiger partial charge in [-0.1, -0.05) is 17.7 Å². The van der Waals surface area contributed by atoms with Crippen LogP contribution in [0.3, 0.4) is 0 Å². The predicted octanol–water partition coefficient (Wildman–Crippen LogP) is 2.70. The number of methoxy groups -OCH3 is 1. The summed E-state index contributed by atoms with van der Waals surface area (Å²) in [6.45, 7) is 0.468. The van der Waals surface area contributed by atoms with Crippen LogP contribution in [0.1, 0.15) is 23.2 Å². The fourth-order valence-electron chi connectivity index (χ4n) is 3.21. The Morgan fingerprint density at radius 1 is 1.17 bits per heavy atom. The molecule has 1 amide bonds. The lowest BCUT2D eigenvalue weighted by Crippen LogP contribution is -2.42. The minimum absolute atomic E-state index is 0.0542. The van der Waals surface area contributed by atoms with Gasteiger partial charge in [0.2, 0.25) is 10.0 Å². The Labute approximate surface area is 174 Å². The monoisotopic (exact) mass is 440 g/mol. The molecule has 2 N–H and O–H groups in total. The summed E-state index contributed by atoms with van der Waals surface area (Å²) in [5, 5.41) is 9.62. The van der Waals surface area contributed by atoms with E-state index in [-0.39, 0.29) is 35.4 Å². The first kappa shape index (κ1) is 21.4. The van der Waals surface area contributed by atoms with Crippen LogP contribution >= 0.6 is 11.6 Å². The van der Waals surface area contributed by atoms with E-state index in [0.29, 0.717) is 23.6 Å². The summed E-state index contributed by atoms with van der Waals surface area (Å²) in [4.78, 5) is 11.8. The van der Waals surface area contributed by atoms with E-state index in [2.05, 4.69) is 0 Å². The summed E-state index contributed by atoms with van der Waals surface area (Å²) < 4.78 is 38.6. The molecule has 1 aliphatic heterocycles. The van der Waals surface area contributed by atoms with Gasteiger partial charge in [0.05, 0.1) is 12.0 Å². The van der Waals surface area contributed by atoms with Crippen LogP contribution in [0.4, 0.5) is 0 Å². The number of amides is 1. The molecule has 2 aromatic carbocycles. The first-order chi connectivity index (χ1) is 13.9. The van der Waals surface area contributed by atoms with Gasteiger partial charge in [-0.15, -0.1) is 0 Å². The SMILES string of the molecule is COc1cccc(S(=O)(=O)N2CCC(Oc3ccc(Cl)cc3)CC2)c1C(=O)NO. The largest absolute Gasteiger partial charge is 0.496 e. The Balaban J connectivity index is 1.76. The summed E-state index contributed by atoms with van der Waals surface area (Å²) in [6, 6.07) is 11.2. The number of carbonyl (C=O) groups is 1. The van der Waals surface area contributed by atoms with Gasteiger partial charge in [-0.05, 0) is 49.2 Å². The number of ether oxygens (including phenoxy) is 2. The van der Waals surface area contributed by atoms with Crippen LogP contribution < -0.4 is 15.0 Å². The zero-order valence-corrected chi connectivity index (χ0v) is 17.2. The van der Waals surface area contributed by atoms with Crippen molar-refractivity contribution in [3.63, 3.8) is 0 Å². The number of rotatable bonds is 6. The van der Waals surface area contributed by atoms with Crippen molar-refractivity contribution in [1.82, 2.24) is 9.79 Å². The quantitative estimate of drug-likeness (QED) is 0.528. The Bertz CT molecular complexity index is 973. The Hall–Kier alpha value is -2.33. The van der Waals surface area contributed by atoms with Crippen molar-refractivity contribution in [3.05, 3.63) is 53.1 Å². The van der Waals surface area contributed by atoms with Crippen molar-refractivity contribution in [3.8, 4) is 11.5 Å². The van der Waals surface area contributed by atoms with Crippen molar-refractivity contribution >= 4 is 27.5 Å². The van der Waals surface area contributed by atoms with E-state index < -0.39 is 15.9 Å². The van der Waals surface area contributed by atoms with E-state index in [0.717, 1.165) is 0 Å². The molecule has 0 saturated carbocycles. The molecule has 1 heterocycles. The number of nitrogens with one attached hydrogen (secondary N) is 1. The number of carbonyl (C=O) groups excluding carboxylic acids is 1. The van der Waals surface area contributed by atoms with Crippen LogP contribution in [-0.4, -0.2) is 50.1 Å². The molecular weight excluding hydrogens is 420 g/mol. The second-order valence-electron chi connectivity index (χ2n) is 6.45. The molecule has 0 spiro atoms. The number of hydrogen-bond donors (Lipinski definition) is 2. The average Bonchev–Trinajstić information content (AvgIpc) is 2.74. The van der Waals surface area contributed by atoms with E-state index in [1.165, 1.54) is 35.1 Å². The van der Waals surface area contributed by atoms with Crippen LogP contribution in [-0.2, 0) is 10.0 Å². The minimum atomic E-state index is -3.97. The smallest absolute Gasteiger partial charge is 0.279 e. The molecule has 8 nitrogen and oxygen atoms in total. The second kappa shape index (κ2) is 9.00. The fourth-order valence-corrected chi connectivity index (χ4v) is 5.01. The Morgan fingerprint density at radius 2 is 1.83 bits per heavy atom. The molecule has 1 fully saturated rings. The van der Waals surface area contributed by atoms with Gasteiger partial charge in [-0.25, -0.2) is 13.9 Å². The summed E-state index contributed by atoms with van der Waals surface area (Å²) >= 11 is 5.87. The minimum Gasteiger partial charge on any atom is -0.496 e. The molecule has 0 unspecified atom stereocenters. The molecule has 0 bridgehead atoms. The molecule has 1 saturated heterocycles. The number of hydroxylamine groups is 1. The number of piperidine rings is 1. The summed E-state index contributed by atoms with van der Waals surface area (Å²) in [5.74, 6) is -0.231. The topological polar surface area (TPSA) is 105 Å². The highest BCUT2D eigenvalue weighted by Gasteiger charge is 2.34. The molecule has 0 radical (unpaired) electrons. The Morgan fingerprint density at radius 3 is 2.41 bits per heavy atom. The maximum atomic E-state index is 13.2. The molecule has 2 aromatic rings. The number of nitrogens with zero attached hydrogens (tertiary/aromatic N) is 1. The third-order valence-corrected chi connectivity index (χ3v) is 6.86. The molecule has 156 valence electrons. The van der Waals surface area contributed by atoms with Gasteiger partial charge in [-0.2, -0.15) is 4.31 Å². The first-order valence-electron chi connectivity index (χ1n) is 8.90. The highest BCUT2D eigenvalue weighted by atomic mass is 35.5. The fraction of sp³-hybridized carbons (Fsp3) is 0.316. The van der Waals surface area contributed by atoms with Gasteiger partial charge in [-0.3, -0.25) is 10.0 Å². The van der Waals surface area contributed by atoms with E-state index in [1.807, 2.05) is 0 Å². The maximum Gasteiger partial charge on any atom is 0.279 e. The third-order valence-electron chi connectivity index (χ3n) is 4.67. The Kier molecular flexibility index (Phi) is 6.63. The van der Waals surface area contributed by atoms with Crippen molar-refractivity contribution < 1.29 is 27.9 Å². The zero-order valence-electron chi connectivity index (χ0n) is 15.7. The van der Waals surface area contributed by atoms with Crippen LogP contribution in [0, 0.1) is 0 Å². The summed E-state index contributed by atoms with van der Waals surface area (Å²) in [6.07, 6.45) is 0.855. The highest BCUT2D eigenvalue weighted by molar-refractivity contribution is 7.89. The molecule has 0 aromatic heterocycles. The standard InChI is InChI=1S/C19H21ClN2O6S/c1-27-16-3-2-4-17(18(16)19(23)21-24)29(25,26)22-11-9-15(10-12-22)28-14-7-5-13(20)6-8-14/h2-8,15,24H,9-12H2,1H3,(H,21,23). The van der Waals surface area contributed by atoms with Gasteiger partial charge in [0.15, 0.2) is 0 Å².